The molecule has 1 amide bonds. The predicted molar refractivity (Wildman–Crippen MR) is 91.7 cm³/mol. The van der Waals surface area contributed by atoms with Gasteiger partial charge in [0.25, 0.3) is 0 Å². The van der Waals surface area contributed by atoms with Gasteiger partial charge in [-0.1, -0.05) is 0 Å². The Morgan fingerprint density at radius 1 is 1.46 bits per heavy atom. The fourth-order valence-electron chi connectivity index (χ4n) is 2.72. The molecule has 0 bridgehead atoms. The molecule has 6 nitrogen and oxygen atoms in total. The smallest absolute Gasteiger partial charge is 0.224 e. The standard InChI is InChI=1S/C18H25N3O3/c1-23-11-8-17-14-21(10-12-24-17)9-2-3-18(22)20-16-6-4-15(13-19)5-7-16/h4-7,17H,2-3,8-12,14H2,1H3,(H,20,22)/t17-/m0/s1. The van der Waals surface area contributed by atoms with E-state index < -0.39 is 0 Å². The van der Waals surface area contributed by atoms with Crippen molar-refractivity contribution in [1.29, 1.82) is 5.26 Å². The lowest BCUT2D eigenvalue weighted by atomic mass is 10.2. The van der Waals surface area contributed by atoms with Gasteiger partial charge in [0.2, 0.25) is 5.91 Å². The first-order valence-corrected chi connectivity index (χ1v) is 8.34. The summed E-state index contributed by atoms with van der Waals surface area (Å²) in [6.07, 6.45) is 2.44. The highest BCUT2D eigenvalue weighted by Crippen LogP contribution is 2.11. The van der Waals surface area contributed by atoms with Crippen molar-refractivity contribution >= 4 is 11.6 Å². The zero-order chi connectivity index (χ0) is 17.2. The monoisotopic (exact) mass is 331 g/mol. The SMILES string of the molecule is COCC[C@H]1CN(CCCC(=O)Nc2ccc(C#N)cc2)CCO1. The molecule has 1 heterocycles. The van der Waals surface area contributed by atoms with E-state index >= 15 is 0 Å². The van der Waals surface area contributed by atoms with Crippen LogP contribution in [0.15, 0.2) is 24.3 Å². The van der Waals surface area contributed by atoms with Crippen LogP contribution in [0, 0.1) is 11.3 Å². The molecule has 130 valence electrons. The van der Waals surface area contributed by atoms with E-state index in [-0.39, 0.29) is 12.0 Å². The van der Waals surface area contributed by atoms with Crippen molar-refractivity contribution in [3.05, 3.63) is 29.8 Å². The van der Waals surface area contributed by atoms with Gasteiger partial charge in [-0.2, -0.15) is 5.26 Å². The topological polar surface area (TPSA) is 74.6 Å². The molecule has 1 saturated heterocycles. The van der Waals surface area contributed by atoms with Gasteiger partial charge in [-0.25, -0.2) is 0 Å². The number of nitriles is 1. The fourth-order valence-corrected chi connectivity index (χ4v) is 2.72. The minimum atomic E-state index is 0.00361. The summed E-state index contributed by atoms with van der Waals surface area (Å²) >= 11 is 0. The molecule has 1 aromatic rings. The highest BCUT2D eigenvalue weighted by molar-refractivity contribution is 5.90. The van der Waals surface area contributed by atoms with E-state index in [1.165, 1.54) is 0 Å². The first-order valence-electron chi connectivity index (χ1n) is 8.34. The average Bonchev–Trinajstić information content (AvgIpc) is 2.61. The third-order valence-corrected chi connectivity index (χ3v) is 4.04. The largest absolute Gasteiger partial charge is 0.385 e. The third kappa shape index (κ3) is 6.28. The number of hydrogen-bond acceptors (Lipinski definition) is 5. The van der Waals surface area contributed by atoms with Gasteiger partial charge in [0.15, 0.2) is 0 Å². The summed E-state index contributed by atoms with van der Waals surface area (Å²) in [5, 5.41) is 11.6. The van der Waals surface area contributed by atoms with Gasteiger partial charge in [-0.15, -0.1) is 0 Å². The summed E-state index contributed by atoms with van der Waals surface area (Å²) in [7, 11) is 1.70. The van der Waals surface area contributed by atoms with Crippen LogP contribution in [0.1, 0.15) is 24.8 Å². The Morgan fingerprint density at radius 2 is 2.25 bits per heavy atom. The molecule has 6 heteroatoms. The number of carbonyl (C=O) groups is 1. The first kappa shape index (κ1) is 18.4. The molecule has 1 aromatic carbocycles. The molecule has 1 fully saturated rings. The van der Waals surface area contributed by atoms with Crippen LogP contribution in [0.2, 0.25) is 0 Å². The van der Waals surface area contributed by atoms with E-state index in [4.69, 9.17) is 14.7 Å². The van der Waals surface area contributed by atoms with Crippen molar-refractivity contribution in [2.75, 3.05) is 45.3 Å². The van der Waals surface area contributed by atoms with Crippen molar-refractivity contribution in [2.24, 2.45) is 0 Å². The number of nitrogens with zero attached hydrogens (tertiary/aromatic N) is 2. The zero-order valence-electron chi connectivity index (χ0n) is 14.2. The Labute approximate surface area is 143 Å². The maximum absolute atomic E-state index is 12.0. The second-order valence-electron chi connectivity index (χ2n) is 5.92. The molecule has 1 atom stereocenters. The van der Waals surface area contributed by atoms with Crippen LogP contribution >= 0.6 is 0 Å². The number of anilines is 1. The van der Waals surface area contributed by atoms with E-state index in [1.54, 1.807) is 31.4 Å². The number of methoxy groups -OCH3 is 1. The number of amides is 1. The van der Waals surface area contributed by atoms with Gasteiger partial charge in [-0.05, 0) is 43.7 Å². The van der Waals surface area contributed by atoms with Crippen molar-refractivity contribution < 1.29 is 14.3 Å². The average molecular weight is 331 g/mol. The summed E-state index contributed by atoms with van der Waals surface area (Å²) in [6.45, 7) is 4.17. The lowest BCUT2D eigenvalue weighted by Gasteiger charge is -2.32. The Hall–Kier alpha value is -1.94. The summed E-state index contributed by atoms with van der Waals surface area (Å²) in [5.74, 6) is 0.00361. The molecular formula is C18H25N3O3. The summed E-state index contributed by atoms with van der Waals surface area (Å²) < 4.78 is 10.8. The predicted octanol–water partition coefficient (Wildman–Crippen LogP) is 2.01. The van der Waals surface area contributed by atoms with Gasteiger partial charge < -0.3 is 14.8 Å². The molecule has 0 aromatic heterocycles. The van der Waals surface area contributed by atoms with Crippen LogP contribution in [0.4, 0.5) is 5.69 Å². The normalized spacial score (nSPS) is 18.1. The highest BCUT2D eigenvalue weighted by Gasteiger charge is 2.19. The zero-order valence-corrected chi connectivity index (χ0v) is 14.2. The molecule has 1 N–H and O–H groups in total. The van der Waals surface area contributed by atoms with Gasteiger partial charge in [0, 0.05) is 38.9 Å². The van der Waals surface area contributed by atoms with E-state index in [2.05, 4.69) is 16.3 Å². The number of rotatable bonds is 8. The molecule has 1 aliphatic rings. The molecule has 0 spiro atoms. The van der Waals surface area contributed by atoms with Gasteiger partial charge >= 0.3 is 0 Å². The third-order valence-electron chi connectivity index (χ3n) is 4.04. The van der Waals surface area contributed by atoms with Crippen molar-refractivity contribution in [2.45, 2.75) is 25.4 Å². The van der Waals surface area contributed by atoms with E-state index in [0.29, 0.717) is 18.6 Å². The Balaban J connectivity index is 1.65. The number of morpholine rings is 1. The highest BCUT2D eigenvalue weighted by atomic mass is 16.5. The molecule has 0 aliphatic carbocycles. The Morgan fingerprint density at radius 3 is 2.96 bits per heavy atom. The minimum absolute atomic E-state index is 0.00361. The lowest BCUT2D eigenvalue weighted by Crippen LogP contribution is -2.43. The van der Waals surface area contributed by atoms with Gasteiger partial charge in [-0.3, -0.25) is 9.69 Å². The molecule has 24 heavy (non-hydrogen) atoms. The molecule has 2 rings (SSSR count). The number of carbonyl (C=O) groups excluding carboxylic acids is 1. The molecule has 0 unspecified atom stereocenters. The van der Waals surface area contributed by atoms with Crippen molar-refractivity contribution in [1.82, 2.24) is 4.90 Å². The first-order chi connectivity index (χ1) is 11.7. The Kier molecular flexibility index (Phi) is 7.69. The summed E-state index contributed by atoms with van der Waals surface area (Å²) in [6, 6.07) is 8.95. The Bertz CT molecular complexity index is 554. The minimum Gasteiger partial charge on any atom is -0.385 e. The maximum Gasteiger partial charge on any atom is 0.224 e. The lowest BCUT2D eigenvalue weighted by molar-refractivity contribution is -0.116. The summed E-state index contributed by atoms with van der Waals surface area (Å²) in [4.78, 5) is 14.3. The second-order valence-corrected chi connectivity index (χ2v) is 5.92. The van der Waals surface area contributed by atoms with Crippen LogP contribution in [-0.2, 0) is 14.3 Å². The van der Waals surface area contributed by atoms with Crippen molar-refractivity contribution in [3.63, 3.8) is 0 Å². The quantitative estimate of drug-likeness (QED) is 0.789. The molecular weight excluding hydrogens is 306 g/mol. The number of benzene rings is 1. The van der Waals surface area contributed by atoms with Crippen LogP contribution in [0.5, 0.6) is 0 Å². The maximum atomic E-state index is 12.0. The van der Waals surface area contributed by atoms with Gasteiger partial charge in [0.05, 0.1) is 24.3 Å². The summed E-state index contributed by atoms with van der Waals surface area (Å²) in [5.41, 5.74) is 1.31. The molecule has 0 saturated carbocycles. The van der Waals surface area contributed by atoms with E-state index in [0.717, 1.165) is 44.8 Å². The number of ether oxygens (including phenoxy) is 2. The van der Waals surface area contributed by atoms with Crippen LogP contribution in [0.3, 0.4) is 0 Å². The fraction of sp³-hybridized carbons (Fsp3) is 0.556. The van der Waals surface area contributed by atoms with Crippen LogP contribution in [0.25, 0.3) is 0 Å². The number of hydrogen-bond donors (Lipinski definition) is 1. The van der Waals surface area contributed by atoms with Crippen LogP contribution < -0.4 is 5.32 Å². The van der Waals surface area contributed by atoms with E-state index in [9.17, 15) is 4.79 Å². The van der Waals surface area contributed by atoms with E-state index in [1.807, 2.05) is 0 Å². The van der Waals surface area contributed by atoms with Crippen molar-refractivity contribution in [3.8, 4) is 6.07 Å². The van der Waals surface area contributed by atoms with Gasteiger partial charge in [0.1, 0.15) is 0 Å². The van der Waals surface area contributed by atoms with Crippen LogP contribution in [-0.4, -0.2) is 56.9 Å². The molecule has 0 radical (unpaired) electrons. The number of nitrogens with one attached hydrogen (secondary N) is 1. The second kappa shape index (κ2) is 10.0. The molecule has 1 aliphatic heterocycles.